The number of likely N-dealkylation sites (N-methyl/N-ethyl adjacent to an activating group) is 1. The first-order valence-electron chi connectivity index (χ1n) is 6.25. The van der Waals surface area contributed by atoms with Crippen LogP contribution in [0.4, 0.5) is 4.79 Å². The number of alkyl carbamates (subject to hydrolysis) is 1. The van der Waals surface area contributed by atoms with Gasteiger partial charge in [-0.1, -0.05) is 0 Å². The lowest BCUT2D eigenvalue weighted by Gasteiger charge is -2.20. The van der Waals surface area contributed by atoms with Crippen LogP contribution in [0.2, 0.25) is 0 Å². The largest absolute Gasteiger partial charge is 0.444 e. The van der Waals surface area contributed by atoms with Gasteiger partial charge in [-0.3, -0.25) is 0 Å². The highest BCUT2D eigenvalue weighted by Crippen LogP contribution is 2.06. The van der Waals surface area contributed by atoms with E-state index in [1.54, 1.807) is 0 Å². The Kier molecular flexibility index (Phi) is 5.21. The van der Waals surface area contributed by atoms with E-state index in [0.29, 0.717) is 12.6 Å². The van der Waals surface area contributed by atoms with Crippen LogP contribution in [0.1, 0.15) is 27.2 Å². The van der Waals surface area contributed by atoms with E-state index in [-0.39, 0.29) is 6.09 Å². The molecule has 1 fully saturated rings. The predicted octanol–water partition coefficient (Wildman–Crippen LogP) is 0.805. The summed E-state index contributed by atoms with van der Waals surface area (Å²) in [5, 5.41) is 6.16. The summed E-state index contributed by atoms with van der Waals surface area (Å²) in [6.45, 7) is 9.22. The summed E-state index contributed by atoms with van der Waals surface area (Å²) < 4.78 is 5.14. The molecule has 17 heavy (non-hydrogen) atoms. The third kappa shape index (κ3) is 6.48. The number of hydrogen-bond donors (Lipinski definition) is 2. The first kappa shape index (κ1) is 14.3. The van der Waals surface area contributed by atoms with Gasteiger partial charge in [0.1, 0.15) is 5.60 Å². The molecule has 0 aromatic rings. The van der Waals surface area contributed by atoms with Crippen molar-refractivity contribution in [3.63, 3.8) is 0 Å². The number of carbonyl (C=O) groups is 1. The maximum Gasteiger partial charge on any atom is 0.407 e. The molecule has 1 rings (SSSR count). The van der Waals surface area contributed by atoms with E-state index in [1.165, 1.54) is 6.42 Å². The molecular weight excluding hydrogens is 218 g/mol. The molecule has 0 radical (unpaired) electrons. The number of carbonyl (C=O) groups excluding carboxylic acids is 1. The van der Waals surface area contributed by atoms with Gasteiger partial charge in [-0.25, -0.2) is 4.79 Å². The van der Waals surface area contributed by atoms with E-state index in [9.17, 15) is 4.79 Å². The Morgan fingerprint density at radius 1 is 1.41 bits per heavy atom. The molecule has 1 heterocycles. The smallest absolute Gasteiger partial charge is 0.407 e. The van der Waals surface area contributed by atoms with E-state index in [1.807, 2.05) is 20.8 Å². The zero-order chi connectivity index (χ0) is 12.9. The minimum Gasteiger partial charge on any atom is -0.444 e. The molecule has 1 saturated heterocycles. The van der Waals surface area contributed by atoms with Gasteiger partial charge in [-0.05, 0) is 40.8 Å². The number of hydrogen-bond acceptors (Lipinski definition) is 4. The van der Waals surface area contributed by atoms with Crippen LogP contribution in [-0.4, -0.2) is 55.9 Å². The fraction of sp³-hybridized carbons (Fsp3) is 0.917. The highest BCUT2D eigenvalue weighted by atomic mass is 16.6. The second-order valence-electron chi connectivity index (χ2n) is 5.63. The van der Waals surface area contributed by atoms with Crippen LogP contribution in [0, 0.1) is 0 Å². The number of rotatable bonds is 4. The average Bonchev–Trinajstić information content (AvgIpc) is 2.56. The fourth-order valence-corrected chi connectivity index (χ4v) is 1.86. The Morgan fingerprint density at radius 3 is 2.65 bits per heavy atom. The quantitative estimate of drug-likeness (QED) is 0.717. The highest BCUT2D eigenvalue weighted by Gasteiger charge is 2.18. The highest BCUT2D eigenvalue weighted by molar-refractivity contribution is 5.67. The molecule has 0 bridgehead atoms. The maximum atomic E-state index is 11.3. The summed E-state index contributed by atoms with van der Waals surface area (Å²) in [7, 11) is 2.13. The molecule has 2 N–H and O–H groups in total. The second kappa shape index (κ2) is 6.21. The Morgan fingerprint density at radius 2 is 2.12 bits per heavy atom. The summed E-state index contributed by atoms with van der Waals surface area (Å²) in [5.41, 5.74) is -0.425. The van der Waals surface area contributed by atoms with Gasteiger partial charge in [0.2, 0.25) is 0 Å². The second-order valence-corrected chi connectivity index (χ2v) is 5.63. The molecule has 1 aliphatic heterocycles. The SMILES string of the molecule is CN1CCC(NCCNC(=O)OC(C)(C)C)C1. The molecule has 1 unspecified atom stereocenters. The van der Waals surface area contributed by atoms with E-state index < -0.39 is 5.60 Å². The molecule has 0 aromatic carbocycles. The average molecular weight is 243 g/mol. The van der Waals surface area contributed by atoms with E-state index in [4.69, 9.17) is 4.74 Å². The van der Waals surface area contributed by atoms with Gasteiger partial charge in [0.15, 0.2) is 0 Å². The Balaban J connectivity index is 2.02. The lowest BCUT2D eigenvalue weighted by Crippen LogP contribution is -2.40. The predicted molar refractivity (Wildman–Crippen MR) is 68.1 cm³/mol. The number of ether oxygens (including phenoxy) is 1. The lowest BCUT2D eigenvalue weighted by molar-refractivity contribution is 0.0528. The molecule has 0 aliphatic carbocycles. The number of amides is 1. The van der Waals surface area contributed by atoms with Gasteiger partial charge in [0.05, 0.1) is 0 Å². The van der Waals surface area contributed by atoms with Gasteiger partial charge >= 0.3 is 6.09 Å². The van der Waals surface area contributed by atoms with Crippen LogP contribution in [-0.2, 0) is 4.74 Å². The lowest BCUT2D eigenvalue weighted by atomic mass is 10.2. The van der Waals surface area contributed by atoms with Crippen molar-refractivity contribution < 1.29 is 9.53 Å². The van der Waals surface area contributed by atoms with Gasteiger partial charge in [-0.2, -0.15) is 0 Å². The fourth-order valence-electron chi connectivity index (χ4n) is 1.86. The monoisotopic (exact) mass is 243 g/mol. The van der Waals surface area contributed by atoms with Crippen molar-refractivity contribution in [1.29, 1.82) is 0 Å². The number of nitrogens with zero attached hydrogens (tertiary/aromatic N) is 1. The molecule has 1 amide bonds. The Labute approximate surface area is 104 Å². The van der Waals surface area contributed by atoms with E-state index in [2.05, 4.69) is 22.6 Å². The minimum atomic E-state index is -0.425. The molecule has 5 nitrogen and oxygen atoms in total. The number of likely N-dealkylation sites (tertiary alicyclic amines) is 1. The summed E-state index contributed by atoms with van der Waals surface area (Å²) in [6.07, 6.45) is 0.839. The first-order valence-corrected chi connectivity index (χ1v) is 6.25. The van der Waals surface area contributed by atoms with Crippen LogP contribution >= 0.6 is 0 Å². The van der Waals surface area contributed by atoms with Crippen LogP contribution in [0.15, 0.2) is 0 Å². The van der Waals surface area contributed by atoms with Crippen LogP contribution in [0.5, 0.6) is 0 Å². The summed E-state index contributed by atoms with van der Waals surface area (Å²) in [6, 6.07) is 0.556. The third-order valence-electron chi connectivity index (χ3n) is 2.62. The molecule has 0 saturated carbocycles. The van der Waals surface area contributed by atoms with Gasteiger partial charge in [0, 0.05) is 25.7 Å². The Bertz CT molecular complexity index is 251. The maximum absolute atomic E-state index is 11.3. The Hall–Kier alpha value is -0.810. The standard InChI is InChI=1S/C12H25N3O2/c1-12(2,3)17-11(16)14-7-6-13-10-5-8-15(4)9-10/h10,13H,5-9H2,1-4H3,(H,14,16). The molecule has 0 spiro atoms. The van der Waals surface area contributed by atoms with Crippen LogP contribution in [0.25, 0.3) is 0 Å². The van der Waals surface area contributed by atoms with E-state index in [0.717, 1.165) is 19.6 Å². The van der Waals surface area contributed by atoms with Crippen molar-refractivity contribution in [3.05, 3.63) is 0 Å². The minimum absolute atomic E-state index is 0.345. The molecule has 100 valence electrons. The zero-order valence-corrected chi connectivity index (χ0v) is 11.4. The summed E-state index contributed by atoms with van der Waals surface area (Å²) in [4.78, 5) is 13.6. The van der Waals surface area contributed by atoms with Crippen LogP contribution in [0.3, 0.4) is 0 Å². The molecular formula is C12H25N3O2. The topological polar surface area (TPSA) is 53.6 Å². The van der Waals surface area contributed by atoms with Gasteiger partial charge in [0.25, 0.3) is 0 Å². The van der Waals surface area contributed by atoms with Crippen molar-refractivity contribution in [2.24, 2.45) is 0 Å². The van der Waals surface area contributed by atoms with Crippen molar-refractivity contribution in [2.45, 2.75) is 38.8 Å². The zero-order valence-electron chi connectivity index (χ0n) is 11.4. The van der Waals surface area contributed by atoms with E-state index >= 15 is 0 Å². The van der Waals surface area contributed by atoms with Gasteiger partial charge in [-0.15, -0.1) is 0 Å². The third-order valence-corrected chi connectivity index (χ3v) is 2.62. The number of nitrogens with one attached hydrogen (secondary N) is 2. The van der Waals surface area contributed by atoms with Crippen molar-refractivity contribution >= 4 is 6.09 Å². The van der Waals surface area contributed by atoms with Crippen LogP contribution < -0.4 is 10.6 Å². The molecule has 5 heteroatoms. The van der Waals surface area contributed by atoms with Crippen molar-refractivity contribution in [3.8, 4) is 0 Å². The normalized spacial score (nSPS) is 21.5. The first-order chi connectivity index (χ1) is 7.87. The molecule has 1 atom stereocenters. The summed E-state index contributed by atoms with van der Waals surface area (Å²) >= 11 is 0. The van der Waals surface area contributed by atoms with Crippen molar-refractivity contribution in [1.82, 2.24) is 15.5 Å². The summed E-state index contributed by atoms with van der Waals surface area (Å²) in [5.74, 6) is 0. The van der Waals surface area contributed by atoms with Gasteiger partial charge < -0.3 is 20.3 Å². The molecule has 0 aromatic heterocycles. The van der Waals surface area contributed by atoms with Crippen molar-refractivity contribution in [2.75, 3.05) is 33.2 Å². The molecule has 1 aliphatic rings.